The molecule has 0 aromatic heterocycles. The quantitative estimate of drug-likeness (QED) is 0.404. The standard InChI is InChI=1S/C26H29FN4O4S/c1-26(2,17-27)24(32)28-18-11-13-19(14-12-18)30-36(34,35)23-10-6-7-20-21(23)8-5-9-22(20)29-25(33)31-15-3-4-16-31/h5-14,30H,3-4,15-17H2,1-2H3,(H,28,32)(H,29,33). The molecule has 0 aliphatic carbocycles. The van der Waals surface area contributed by atoms with E-state index in [2.05, 4.69) is 15.4 Å². The van der Waals surface area contributed by atoms with Crippen molar-refractivity contribution in [3.63, 3.8) is 0 Å². The summed E-state index contributed by atoms with van der Waals surface area (Å²) in [5, 5.41) is 6.62. The SMILES string of the molecule is CC(C)(CF)C(=O)Nc1ccc(NS(=O)(=O)c2cccc3c(NC(=O)N4CCCC4)cccc23)cc1. The average Bonchev–Trinajstić information content (AvgIpc) is 3.40. The van der Waals surface area contributed by atoms with Crippen LogP contribution in [0.25, 0.3) is 10.8 Å². The Morgan fingerprint density at radius 3 is 2.17 bits per heavy atom. The first kappa shape index (κ1) is 25.4. The number of carbonyl (C=O) groups excluding carboxylic acids is 2. The number of carbonyl (C=O) groups is 2. The normalized spacial score (nSPS) is 14.0. The second-order valence-corrected chi connectivity index (χ2v) is 11.1. The molecule has 0 atom stereocenters. The van der Waals surface area contributed by atoms with Gasteiger partial charge in [0.15, 0.2) is 0 Å². The number of halogens is 1. The molecule has 3 aromatic carbocycles. The molecule has 0 spiro atoms. The summed E-state index contributed by atoms with van der Waals surface area (Å²) in [5.74, 6) is -0.471. The summed E-state index contributed by atoms with van der Waals surface area (Å²) in [7, 11) is -3.97. The molecule has 1 saturated heterocycles. The molecule has 3 aromatic rings. The minimum Gasteiger partial charge on any atom is -0.326 e. The number of hydrogen-bond acceptors (Lipinski definition) is 4. The number of nitrogens with one attached hydrogen (secondary N) is 3. The van der Waals surface area contributed by atoms with Gasteiger partial charge in [-0.1, -0.05) is 24.3 Å². The van der Waals surface area contributed by atoms with Crippen LogP contribution in [0.3, 0.4) is 0 Å². The predicted octanol–water partition coefficient (Wildman–Crippen LogP) is 5.20. The van der Waals surface area contributed by atoms with Crippen LogP contribution in [0.4, 0.5) is 26.2 Å². The van der Waals surface area contributed by atoms with Crippen molar-refractivity contribution in [1.82, 2.24) is 4.90 Å². The van der Waals surface area contributed by atoms with E-state index in [0.29, 0.717) is 40.9 Å². The third kappa shape index (κ3) is 5.43. The average molecular weight is 513 g/mol. The number of alkyl halides is 1. The molecule has 0 bridgehead atoms. The van der Waals surface area contributed by atoms with Gasteiger partial charge < -0.3 is 15.5 Å². The summed E-state index contributed by atoms with van der Waals surface area (Å²) in [5.41, 5.74) is 0.0977. The number of rotatable bonds is 7. The van der Waals surface area contributed by atoms with Crippen molar-refractivity contribution in [2.24, 2.45) is 5.41 Å². The second kappa shape index (κ2) is 10.1. The van der Waals surface area contributed by atoms with Gasteiger partial charge in [-0.25, -0.2) is 17.6 Å². The molecule has 1 aliphatic heterocycles. The number of hydrogen-bond donors (Lipinski definition) is 3. The molecule has 8 nitrogen and oxygen atoms in total. The Bertz CT molecular complexity index is 1380. The monoisotopic (exact) mass is 512 g/mol. The Morgan fingerprint density at radius 2 is 1.50 bits per heavy atom. The van der Waals surface area contributed by atoms with Crippen LogP contribution in [0.1, 0.15) is 26.7 Å². The van der Waals surface area contributed by atoms with Crippen molar-refractivity contribution in [2.75, 3.05) is 35.1 Å². The summed E-state index contributed by atoms with van der Waals surface area (Å²) in [6, 6.07) is 16.0. The van der Waals surface area contributed by atoms with Gasteiger partial charge in [0.25, 0.3) is 10.0 Å². The maximum absolute atomic E-state index is 13.3. The van der Waals surface area contributed by atoms with E-state index < -0.39 is 28.0 Å². The van der Waals surface area contributed by atoms with Gasteiger partial charge in [-0.15, -0.1) is 0 Å². The zero-order valence-electron chi connectivity index (χ0n) is 20.2. The maximum atomic E-state index is 13.3. The lowest BCUT2D eigenvalue weighted by atomic mass is 9.94. The van der Waals surface area contributed by atoms with E-state index in [1.807, 2.05) is 0 Å². The summed E-state index contributed by atoms with van der Waals surface area (Å²) in [6.07, 6.45) is 1.94. The Morgan fingerprint density at radius 1 is 0.889 bits per heavy atom. The molecule has 3 amide bonds. The van der Waals surface area contributed by atoms with E-state index in [0.717, 1.165) is 12.8 Å². The van der Waals surface area contributed by atoms with Crippen LogP contribution in [0.2, 0.25) is 0 Å². The van der Waals surface area contributed by atoms with Crippen molar-refractivity contribution in [2.45, 2.75) is 31.6 Å². The largest absolute Gasteiger partial charge is 0.326 e. The van der Waals surface area contributed by atoms with Gasteiger partial charge in [-0.2, -0.15) is 0 Å². The van der Waals surface area contributed by atoms with Crippen molar-refractivity contribution >= 4 is 49.8 Å². The van der Waals surface area contributed by atoms with Crippen LogP contribution in [0, 0.1) is 5.41 Å². The minimum atomic E-state index is -3.97. The topological polar surface area (TPSA) is 108 Å². The molecule has 10 heteroatoms. The van der Waals surface area contributed by atoms with Crippen LogP contribution >= 0.6 is 0 Å². The second-order valence-electron chi connectivity index (χ2n) is 9.44. The Kier molecular flexibility index (Phi) is 7.16. The molecule has 0 saturated carbocycles. The molecule has 1 aliphatic rings. The number of anilines is 3. The Hall–Kier alpha value is -3.66. The van der Waals surface area contributed by atoms with E-state index >= 15 is 0 Å². The van der Waals surface area contributed by atoms with Crippen molar-refractivity contribution < 1.29 is 22.4 Å². The van der Waals surface area contributed by atoms with E-state index in [1.54, 1.807) is 47.4 Å². The highest BCUT2D eigenvalue weighted by Crippen LogP contribution is 2.30. The molecular weight excluding hydrogens is 483 g/mol. The molecule has 36 heavy (non-hydrogen) atoms. The molecule has 4 rings (SSSR count). The zero-order chi connectivity index (χ0) is 25.9. The molecule has 0 radical (unpaired) electrons. The van der Waals surface area contributed by atoms with Crippen LogP contribution in [-0.4, -0.2) is 45.0 Å². The fourth-order valence-electron chi connectivity index (χ4n) is 3.93. The molecule has 1 fully saturated rings. The number of sulfonamides is 1. The van der Waals surface area contributed by atoms with Crippen LogP contribution in [0.15, 0.2) is 65.6 Å². The fraction of sp³-hybridized carbons (Fsp3) is 0.308. The van der Waals surface area contributed by atoms with Crippen molar-refractivity contribution in [3.8, 4) is 0 Å². The van der Waals surface area contributed by atoms with Gasteiger partial charge in [0.1, 0.15) is 6.67 Å². The van der Waals surface area contributed by atoms with E-state index in [4.69, 9.17) is 0 Å². The molecule has 3 N–H and O–H groups in total. The zero-order valence-corrected chi connectivity index (χ0v) is 21.0. The summed E-state index contributed by atoms with van der Waals surface area (Å²) < 4.78 is 42.1. The van der Waals surface area contributed by atoms with E-state index in [9.17, 15) is 22.4 Å². The maximum Gasteiger partial charge on any atom is 0.321 e. The number of nitrogens with zero attached hydrogens (tertiary/aromatic N) is 1. The van der Waals surface area contributed by atoms with Gasteiger partial charge >= 0.3 is 6.03 Å². The highest BCUT2D eigenvalue weighted by atomic mass is 32.2. The number of likely N-dealkylation sites (tertiary alicyclic amines) is 1. The lowest BCUT2D eigenvalue weighted by molar-refractivity contribution is -0.124. The van der Waals surface area contributed by atoms with Crippen LogP contribution in [-0.2, 0) is 14.8 Å². The smallest absolute Gasteiger partial charge is 0.321 e. The van der Waals surface area contributed by atoms with Crippen molar-refractivity contribution in [3.05, 3.63) is 60.7 Å². The van der Waals surface area contributed by atoms with Gasteiger partial charge in [-0.05, 0) is 63.1 Å². The Labute approximate surface area is 209 Å². The third-order valence-electron chi connectivity index (χ3n) is 6.15. The predicted molar refractivity (Wildman–Crippen MR) is 139 cm³/mol. The molecule has 0 unspecified atom stereocenters. The number of amides is 3. The first-order chi connectivity index (χ1) is 17.1. The highest BCUT2D eigenvalue weighted by Gasteiger charge is 2.27. The van der Waals surface area contributed by atoms with Crippen LogP contribution < -0.4 is 15.4 Å². The minimum absolute atomic E-state index is 0.0688. The number of fused-ring (bicyclic) bond motifs is 1. The molecule has 1 heterocycles. The summed E-state index contributed by atoms with van der Waals surface area (Å²) in [6.45, 7) is 3.61. The lowest BCUT2D eigenvalue weighted by Crippen LogP contribution is -2.32. The van der Waals surface area contributed by atoms with E-state index in [-0.39, 0.29) is 10.9 Å². The summed E-state index contributed by atoms with van der Waals surface area (Å²) >= 11 is 0. The van der Waals surface area contributed by atoms with Gasteiger partial charge in [0, 0.05) is 35.2 Å². The first-order valence-corrected chi connectivity index (χ1v) is 13.2. The molecular formula is C26H29FN4O4S. The van der Waals surface area contributed by atoms with Crippen molar-refractivity contribution in [1.29, 1.82) is 0 Å². The molecule has 190 valence electrons. The summed E-state index contributed by atoms with van der Waals surface area (Å²) in [4.78, 5) is 26.6. The first-order valence-electron chi connectivity index (χ1n) is 11.7. The van der Waals surface area contributed by atoms with E-state index in [1.165, 1.54) is 32.0 Å². The number of benzene rings is 3. The van der Waals surface area contributed by atoms with Crippen LogP contribution in [0.5, 0.6) is 0 Å². The lowest BCUT2D eigenvalue weighted by Gasteiger charge is -2.19. The highest BCUT2D eigenvalue weighted by molar-refractivity contribution is 7.93. The van der Waals surface area contributed by atoms with Gasteiger partial charge in [0.05, 0.1) is 16.0 Å². The van der Waals surface area contributed by atoms with Gasteiger partial charge in [0.2, 0.25) is 5.91 Å². The number of urea groups is 1. The fourth-order valence-corrected chi connectivity index (χ4v) is 5.21. The Balaban J connectivity index is 1.55. The third-order valence-corrected chi connectivity index (χ3v) is 7.59. The van der Waals surface area contributed by atoms with Gasteiger partial charge in [-0.3, -0.25) is 9.52 Å².